The Morgan fingerprint density at radius 2 is 1.64 bits per heavy atom. The number of urea groups is 1. The molecule has 0 aliphatic rings. The molecular formula is C13H12Cl2N4O3. The number of aromatic nitrogens is 2. The van der Waals surface area contributed by atoms with Crippen LogP contribution in [-0.2, 0) is 0 Å². The Hall–Kier alpha value is -2.25. The quantitative estimate of drug-likeness (QED) is 0.888. The Morgan fingerprint density at radius 1 is 1.00 bits per heavy atom. The number of amides is 2. The number of nitrogens with zero attached hydrogens (tertiary/aromatic N) is 2. The fourth-order valence-corrected chi connectivity index (χ4v) is 1.80. The van der Waals surface area contributed by atoms with E-state index in [0.717, 1.165) is 0 Å². The van der Waals surface area contributed by atoms with E-state index in [0.29, 0.717) is 15.7 Å². The van der Waals surface area contributed by atoms with Crippen molar-refractivity contribution in [1.82, 2.24) is 9.97 Å². The molecule has 2 rings (SSSR count). The molecule has 0 saturated carbocycles. The second-order valence-electron chi connectivity index (χ2n) is 3.98. The van der Waals surface area contributed by atoms with E-state index in [2.05, 4.69) is 20.6 Å². The van der Waals surface area contributed by atoms with Crippen LogP contribution in [0.5, 0.6) is 11.8 Å². The lowest BCUT2D eigenvalue weighted by molar-refractivity contribution is 0.262. The molecule has 0 radical (unpaired) electrons. The highest BCUT2D eigenvalue weighted by atomic mass is 35.5. The highest BCUT2D eigenvalue weighted by molar-refractivity contribution is 6.42. The maximum atomic E-state index is 11.9. The molecule has 2 aromatic rings. The van der Waals surface area contributed by atoms with Crippen molar-refractivity contribution in [1.29, 1.82) is 0 Å². The minimum atomic E-state index is -0.548. The van der Waals surface area contributed by atoms with Crippen molar-refractivity contribution >= 4 is 40.9 Å². The molecule has 0 atom stereocenters. The van der Waals surface area contributed by atoms with Crippen LogP contribution in [0.3, 0.4) is 0 Å². The number of benzene rings is 1. The summed E-state index contributed by atoms with van der Waals surface area (Å²) in [4.78, 5) is 19.9. The van der Waals surface area contributed by atoms with Gasteiger partial charge in [0, 0.05) is 5.69 Å². The molecule has 116 valence electrons. The van der Waals surface area contributed by atoms with Crippen LogP contribution in [0.15, 0.2) is 24.3 Å². The lowest BCUT2D eigenvalue weighted by atomic mass is 10.3. The predicted molar refractivity (Wildman–Crippen MR) is 84.2 cm³/mol. The van der Waals surface area contributed by atoms with Crippen LogP contribution in [0.1, 0.15) is 0 Å². The molecule has 2 N–H and O–H groups in total. The minimum absolute atomic E-state index is 0.0359. The van der Waals surface area contributed by atoms with Crippen LogP contribution >= 0.6 is 23.2 Å². The SMILES string of the molecule is COc1cc(OC)nc(NC(=O)Nc2ccc(Cl)c(Cl)c2)n1. The Labute approximate surface area is 136 Å². The van der Waals surface area contributed by atoms with Crippen molar-refractivity contribution in [3.8, 4) is 11.8 Å². The number of carbonyl (C=O) groups is 1. The average Bonchev–Trinajstić information content (AvgIpc) is 2.50. The fraction of sp³-hybridized carbons (Fsp3) is 0.154. The largest absolute Gasteiger partial charge is 0.481 e. The molecule has 1 aromatic heterocycles. The summed E-state index contributed by atoms with van der Waals surface area (Å²) >= 11 is 11.7. The number of halogens is 2. The summed E-state index contributed by atoms with van der Waals surface area (Å²) in [5, 5.41) is 5.77. The van der Waals surface area contributed by atoms with Gasteiger partial charge in [0.15, 0.2) is 0 Å². The standard InChI is InChI=1S/C13H12Cl2N4O3/c1-21-10-6-11(22-2)18-12(17-10)19-13(20)16-7-3-4-8(14)9(15)5-7/h3-6H,1-2H3,(H2,16,17,18,19,20). The lowest BCUT2D eigenvalue weighted by Gasteiger charge is -2.09. The first-order valence-corrected chi connectivity index (χ1v) is 6.77. The van der Waals surface area contributed by atoms with Crippen LogP contribution in [0.4, 0.5) is 16.4 Å². The van der Waals surface area contributed by atoms with Gasteiger partial charge in [-0.05, 0) is 18.2 Å². The third-order valence-corrected chi connectivity index (χ3v) is 3.24. The van der Waals surface area contributed by atoms with Gasteiger partial charge < -0.3 is 14.8 Å². The van der Waals surface area contributed by atoms with Gasteiger partial charge in [0.05, 0.1) is 30.3 Å². The zero-order chi connectivity index (χ0) is 16.1. The summed E-state index contributed by atoms with van der Waals surface area (Å²) in [7, 11) is 2.89. The van der Waals surface area contributed by atoms with Crippen LogP contribution in [-0.4, -0.2) is 30.2 Å². The van der Waals surface area contributed by atoms with Crippen LogP contribution in [0, 0.1) is 0 Å². The molecule has 1 aromatic carbocycles. The van der Waals surface area contributed by atoms with Gasteiger partial charge in [-0.15, -0.1) is 0 Å². The van der Waals surface area contributed by atoms with E-state index < -0.39 is 6.03 Å². The Balaban J connectivity index is 2.09. The molecule has 0 fully saturated rings. The van der Waals surface area contributed by atoms with Crippen LogP contribution < -0.4 is 20.1 Å². The van der Waals surface area contributed by atoms with Crippen molar-refractivity contribution < 1.29 is 14.3 Å². The maximum Gasteiger partial charge on any atom is 0.326 e. The molecule has 0 saturated heterocycles. The molecule has 0 unspecified atom stereocenters. The normalized spacial score (nSPS) is 10.0. The molecule has 1 heterocycles. The summed E-state index contributed by atoms with van der Waals surface area (Å²) in [6, 6.07) is 5.65. The molecular weight excluding hydrogens is 331 g/mol. The molecule has 0 aliphatic carbocycles. The topological polar surface area (TPSA) is 85.4 Å². The second-order valence-corrected chi connectivity index (χ2v) is 4.80. The fourth-order valence-electron chi connectivity index (χ4n) is 1.51. The Kier molecular flexibility index (Phi) is 5.24. The van der Waals surface area contributed by atoms with E-state index in [4.69, 9.17) is 32.7 Å². The van der Waals surface area contributed by atoms with Gasteiger partial charge in [-0.1, -0.05) is 23.2 Å². The van der Waals surface area contributed by atoms with Gasteiger partial charge in [0.2, 0.25) is 17.7 Å². The summed E-state index contributed by atoms with van der Waals surface area (Å²) in [5.41, 5.74) is 0.474. The first-order valence-electron chi connectivity index (χ1n) is 6.02. The van der Waals surface area contributed by atoms with Crippen molar-refractivity contribution in [2.75, 3.05) is 24.9 Å². The number of anilines is 2. The number of methoxy groups -OCH3 is 2. The van der Waals surface area contributed by atoms with Gasteiger partial charge in [0.1, 0.15) is 0 Å². The molecule has 2 amide bonds. The summed E-state index contributed by atoms with van der Waals surface area (Å²) < 4.78 is 9.98. The van der Waals surface area contributed by atoms with Gasteiger partial charge in [-0.3, -0.25) is 5.32 Å². The van der Waals surface area contributed by atoms with E-state index in [1.807, 2.05) is 0 Å². The highest BCUT2D eigenvalue weighted by Gasteiger charge is 2.10. The smallest absolute Gasteiger partial charge is 0.326 e. The minimum Gasteiger partial charge on any atom is -0.481 e. The third kappa shape index (κ3) is 4.12. The maximum absolute atomic E-state index is 11.9. The molecule has 7 nitrogen and oxygen atoms in total. The Morgan fingerprint density at radius 3 is 2.18 bits per heavy atom. The summed E-state index contributed by atoms with van der Waals surface area (Å²) in [6.45, 7) is 0. The predicted octanol–water partition coefficient (Wildman–Crippen LogP) is 3.44. The summed E-state index contributed by atoms with van der Waals surface area (Å²) in [5.74, 6) is 0.558. The van der Waals surface area contributed by atoms with E-state index in [-0.39, 0.29) is 17.7 Å². The third-order valence-electron chi connectivity index (χ3n) is 2.50. The van der Waals surface area contributed by atoms with Gasteiger partial charge >= 0.3 is 6.03 Å². The molecule has 0 spiro atoms. The van der Waals surface area contributed by atoms with Gasteiger partial charge in [0.25, 0.3) is 0 Å². The molecule has 9 heteroatoms. The molecule has 0 aliphatic heterocycles. The molecule has 22 heavy (non-hydrogen) atoms. The van der Waals surface area contributed by atoms with Crippen molar-refractivity contribution in [3.63, 3.8) is 0 Å². The van der Waals surface area contributed by atoms with Crippen molar-refractivity contribution in [2.45, 2.75) is 0 Å². The molecule has 0 bridgehead atoms. The number of rotatable bonds is 4. The zero-order valence-electron chi connectivity index (χ0n) is 11.7. The number of hydrogen-bond acceptors (Lipinski definition) is 5. The van der Waals surface area contributed by atoms with Crippen LogP contribution in [0.25, 0.3) is 0 Å². The first kappa shape index (κ1) is 16.1. The Bertz CT molecular complexity index is 675. The van der Waals surface area contributed by atoms with Gasteiger partial charge in [-0.2, -0.15) is 9.97 Å². The average molecular weight is 343 g/mol. The first-order chi connectivity index (χ1) is 10.5. The van der Waals surface area contributed by atoms with Crippen LogP contribution in [0.2, 0.25) is 10.0 Å². The number of nitrogens with one attached hydrogen (secondary N) is 2. The van der Waals surface area contributed by atoms with E-state index >= 15 is 0 Å². The number of carbonyl (C=O) groups excluding carboxylic acids is 1. The summed E-state index contributed by atoms with van der Waals surface area (Å²) in [6.07, 6.45) is 0. The lowest BCUT2D eigenvalue weighted by Crippen LogP contribution is -2.21. The number of hydrogen-bond donors (Lipinski definition) is 2. The second kappa shape index (κ2) is 7.15. The highest BCUT2D eigenvalue weighted by Crippen LogP contribution is 2.25. The van der Waals surface area contributed by atoms with Gasteiger partial charge in [-0.25, -0.2) is 4.79 Å². The van der Waals surface area contributed by atoms with E-state index in [1.54, 1.807) is 12.1 Å². The van der Waals surface area contributed by atoms with Crippen molar-refractivity contribution in [2.24, 2.45) is 0 Å². The van der Waals surface area contributed by atoms with Crippen molar-refractivity contribution in [3.05, 3.63) is 34.3 Å². The zero-order valence-corrected chi connectivity index (χ0v) is 13.2. The number of ether oxygens (including phenoxy) is 2. The van der Waals surface area contributed by atoms with E-state index in [1.165, 1.54) is 26.4 Å². The monoisotopic (exact) mass is 342 g/mol. The van der Waals surface area contributed by atoms with E-state index in [9.17, 15) is 4.79 Å².